The van der Waals surface area contributed by atoms with Gasteiger partial charge in [-0.15, -0.1) is 10.2 Å². The van der Waals surface area contributed by atoms with Crippen LogP contribution in [0.3, 0.4) is 0 Å². The number of rotatable bonds is 5. The molecule has 0 saturated carbocycles. The van der Waals surface area contributed by atoms with Gasteiger partial charge in [0.2, 0.25) is 5.91 Å². The summed E-state index contributed by atoms with van der Waals surface area (Å²) in [5, 5.41) is 12.6. The maximum atomic E-state index is 12.3. The molecule has 134 valence electrons. The van der Waals surface area contributed by atoms with E-state index in [1.54, 1.807) is 0 Å². The summed E-state index contributed by atoms with van der Waals surface area (Å²) >= 11 is 7.31. The lowest BCUT2D eigenvalue weighted by atomic mass is 10.1. The Balaban J connectivity index is 1.71. The number of halogens is 1. The fraction of sp³-hybridized carbons (Fsp3) is 0.211. The van der Waals surface area contributed by atoms with Crippen LogP contribution in [0.15, 0.2) is 47.6 Å². The molecule has 1 N–H and O–H groups in total. The normalized spacial score (nSPS) is 10.8. The van der Waals surface area contributed by atoms with Crippen LogP contribution in [0.2, 0.25) is 5.02 Å². The van der Waals surface area contributed by atoms with E-state index >= 15 is 0 Å². The summed E-state index contributed by atoms with van der Waals surface area (Å²) in [5.74, 6) is 0.927. The van der Waals surface area contributed by atoms with E-state index in [0.29, 0.717) is 10.2 Å². The minimum Gasteiger partial charge on any atom is -0.325 e. The number of anilines is 1. The molecule has 26 heavy (non-hydrogen) atoms. The number of thioether (sulfide) groups is 1. The van der Waals surface area contributed by atoms with Crippen LogP contribution >= 0.6 is 23.4 Å². The van der Waals surface area contributed by atoms with Crippen molar-refractivity contribution in [1.82, 2.24) is 14.8 Å². The summed E-state index contributed by atoms with van der Waals surface area (Å²) in [5.41, 5.74) is 3.97. The zero-order valence-corrected chi connectivity index (χ0v) is 16.4. The van der Waals surface area contributed by atoms with Gasteiger partial charge in [0.1, 0.15) is 5.82 Å². The van der Waals surface area contributed by atoms with E-state index in [1.165, 1.54) is 11.8 Å². The number of carbonyl (C=O) groups excluding carboxylic acids is 1. The Kier molecular flexibility index (Phi) is 5.64. The molecular formula is C19H19ClN4OS. The van der Waals surface area contributed by atoms with E-state index in [1.807, 2.05) is 67.8 Å². The highest BCUT2D eigenvalue weighted by molar-refractivity contribution is 7.99. The van der Waals surface area contributed by atoms with Crippen LogP contribution in [0.4, 0.5) is 5.69 Å². The molecule has 1 heterocycles. The number of aryl methyl sites for hydroxylation is 2. The van der Waals surface area contributed by atoms with Gasteiger partial charge < -0.3 is 5.32 Å². The summed E-state index contributed by atoms with van der Waals surface area (Å²) in [6, 6.07) is 13.3. The molecule has 7 heteroatoms. The molecular weight excluding hydrogens is 368 g/mol. The van der Waals surface area contributed by atoms with Crippen molar-refractivity contribution in [2.24, 2.45) is 0 Å². The molecule has 0 aliphatic heterocycles. The number of nitrogens with one attached hydrogen (secondary N) is 1. The zero-order chi connectivity index (χ0) is 18.7. The number of benzene rings is 2. The van der Waals surface area contributed by atoms with Gasteiger partial charge in [-0.2, -0.15) is 0 Å². The highest BCUT2D eigenvalue weighted by Crippen LogP contribution is 2.24. The van der Waals surface area contributed by atoms with E-state index in [0.717, 1.165) is 28.3 Å². The summed E-state index contributed by atoms with van der Waals surface area (Å²) < 4.78 is 1.91. The van der Waals surface area contributed by atoms with Gasteiger partial charge in [-0.3, -0.25) is 9.36 Å². The second-order valence-corrected chi connectivity index (χ2v) is 7.30. The van der Waals surface area contributed by atoms with Crippen LogP contribution < -0.4 is 5.32 Å². The molecule has 0 aliphatic rings. The number of carbonyl (C=O) groups is 1. The molecule has 0 saturated heterocycles. The number of hydrogen-bond donors (Lipinski definition) is 1. The van der Waals surface area contributed by atoms with E-state index in [9.17, 15) is 4.79 Å². The summed E-state index contributed by atoms with van der Waals surface area (Å²) in [6.07, 6.45) is 0. The molecule has 3 rings (SSSR count). The quantitative estimate of drug-likeness (QED) is 0.652. The smallest absolute Gasteiger partial charge is 0.234 e. The number of aromatic nitrogens is 3. The second kappa shape index (κ2) is 7.93. The van der Waals surface area contributed by atoms with Gasteiger partial charge in [0.25, 0.3) is 0 Å². The van der Waals surface area contributed by atoms with Crippen molar-refractivity contribution in [2.75, 3.05) is 11.1 Å². The molecule has 0 unspecified atom stereocenters. The zero-order valence-electron chi connectivity index (χ0n) is 14.8. The average Bonchev–Trinajstić information content (AvgIpc) is 2.99. The Hall–Kier alpha value is -2.31. The van der Waals surface area contributed by atoms with Crippen LogP contribution in [0.5, 0.6) is 0 Å². The molecule has 0 aliphatic carbocycles. The van der Waals surface area contributed by atoms with Crippen molar-refractivity contribution < 1.29 is 4.79 Å². The van der Waals surface area contributed by atoms with Gasteiger partial charge >= 0.3 is 0 Å². The minimum atomic E-state index is -0.0768. The third-order valence-corrected chi connectivity index (χ3v) is 5.27. The first kappa shape index (κ1) is 18.5. The predicted molar refractivity (Wildman–Crippen MR) is 106 cm³/mol. The fourth-order valence-electron chi connectivity index (χ4n) is 2.53. The van der Waals surface area contributed by atoms with Gasteiger partial charge in [-0.25, -0.2) is 0 Å². The van der Waals surface area contributed by atoms with Gasteiger partial charge in [0.05, 0.1) is 5.75 Å². The molecule has 1 aromatic heterocycles. The molecule has 2 aromatic carbocycles. The lowest BCUT2D eigenvalue weighted by Crippen LogP contribution is -2.15. The van der Waals surface area contributed by atoms with Crippen molar-refractivity contribution in [3.05, 3.63) is 64.4 Å². The topological polar surface area (TPSA) is 59.8 Å². The van der Waals surface area contributed by atoms with Gasteiger partial charge in [0.15, 0.2) is 5.16 Å². The third kappa shape index (κ3) is 4.08. The SMILES string of the molecule is Cc1cccc(NC(=O)CSc2nnc(C)n2-c2ccc(Cl)cc2)c1C. The molecule has 0 radical (unpaired) electrons. The van der Waals surface area contributed by atoms with Crippen molar-refractivity contribution in [3.8, 4) is 5.69 Å². The third-order valence-electron chi connectivity index (χ3n) is 4.09. The standard InChI is InChI=1S/C19H19ClN4OS/c1-12-5-4-6-17(13(12)2)21-18(25)11-26-19-23-22-14(3)24(19)16-9-7-15(20)8-10-16/h4-10H,11H2,1-3H3,(H,21,25). The number of nitrogens with zero attached hydrogens (tertiary/aromatic N) is 3. The largest absolute Gasteiger partial charge is 0.325 e. The lowest BCUT2D eigenvalue weighted by Gasteiger charge is -2.11. The molecule has 1 amide bonds. The van der Waals surface area contributed by atoms with Crippen LogP contribution in [-0.2, 0) is 4.79 Å². The number of hydrogen-bond acceptors (Lipinski definition) is 4. The maximum absolute atomic E-state index is 12.3. The van der Waals surface area contributed by atoms with E-state index in [4.69, 9.17) is 11.6 Å². The van der Waals surface area contributed by atoms with Gasteiger partial charge in [-0.05, 0) is 62.2 Å². The number of amides is 1. The minimum absolute atomic E-state index is 0.0768. The van der Waals surface area contributed by atoms with Crippen molar-refractivity contribution >= 4 is 35.0 Å². The molecule has 5 nitrogen and oxygen atoms in total. The summed E-state index contributed by atoms with van der Waals surface area (Å²) in [6.45, 7) is 5.90. The highest BCUT2D eigenvalue weighted by atomic mass is 35.5. The average molecular weight is 387 g/mol. The van der Waals surface area contributed by atoms with Crippen LogP contribution in [0.1, 0.15) is 17.0 Å². The van der Waals surface area contributed by atoms with Gasteiger partial charge in [0, 0.05) is 16.4 Å². The van der Waals surface area contributed by atoms with E-state index in [2.05, 4.69) is 15.5 Å². The Morgan fingerprint density at radius 3 is 2.58 bits per heavy atom. The first-order chi connectivity index (χ1) is 12.5. The van der Waals surface area contributed by atoms with Crippen molar-refractivity contribution in [1.29, 1.82) is 0 Å². The molecule has 0 spiro atoms. The Morgan fingerprint density at radius 1 is 1.12 bits per heavy atom. The molecule has 0 atom stereocenters. The maximum Gasteiger partial charge on any atom is 0.234 e. The van der Waals surface area contributed by atoms with E-state index < -0.39 is 0 Å². The van der Waals surface area contributed by atoms with Crippen molar-refractivity contribution in [2.45, 2.75) is 25.9 Å². The van der Waals surface area contributed by atoms with Crippen LogP contribution in [0.25, 0.3) is 5.69 Å². The predicted octanol–water partition coefficient (Wildman–Crippen LogP) is 4.58. The molecule has 0 bridgehead atoms. The first-order valence-corrected chi connectivity index (χ1v) is 9.49. The Bertz CT molecular complexity index is 937. The monoisotopic (exact) mass is 386 g/mol. The molecule has 3 aromatic rings. The Morgan fingerprint density at radius 2 is 1.85 bits per heavy atom. The first-order valence-electron chi connectivity index (χ1n) is 8.12. The van der Waals surface area contributed by atoms with Gasteiger partial charge in [-0.1, -0.05) is 35.5 Å². The highest BCUT2D eigenvalue weighted by Gasteiger charge is 2.14. The van der Waals surface area contributed by atoms with Crippen molar-refractivity contribution in [3.63, 3.8) is 0 Å². The van der Waals surface area contributed by atoms with E-state index in [-0.39, 0.29) is 11.7 Å². The lowest BCUT2D eigenvalue weighted by molar-refractivity contribution is -0.113. The fourth-order valence-corrected chi connectivity index (χ4v) is 3.45. The summed E-state index contributed by atoms with van der Waals surface area (Å²) in [7, 11) is 0. The summed E-state index contributed by atoms with van der Waals surface area (Å²) in [4.78, 5) is 12.3. The Labute approximate surface area is 161 Å². The van der Waals surface area contributed by atoms with Crippen LogP contribution in [-0.4, -0.2) is 26.4 Å². The van der Waals surface area contributed by atoms with Crippen LogP contribution in [0, 0.1) is 20.8 Å². The molecule has 0 fully saturated rings. The second-order valence-electron chi connectivity index (χ2n) is 5.93.